The minimum atomic E-state index is 0.210. The van der Waals surface area contributed by atoms with E-state index in [1.165, 1.54) is 5.56 Å². The number of hydrogen-bond acceptors (Lipinski definition) is 3. The number of hydrogen-bond donors (Lipinski definition) is 1. The number of Topliss-reactive ketones (excluding diaryl/α,β-unsaturated/α-hetero) is 1. The van der Waals surface area contributed by atoms with E-state index in [4.69, 9.17) is 10.5 Å². The van der Waals surface area contributed by atoms with Crippen LogP contribution < -0.4 is 10.5 Å². The molecule has 2 N–H and O–H groups in total. The third-order valence-corrected chi connectivity index (χ3v) is 3.37. The molecule has 1 heterocycles. The number of nitrogens with two attached hydrogens (primary N) is 1. The van der Waals surface area contributed by atoms with Crippen LogP contribution in [-0.4, -0.2) is 18.9 Å². The van der Waals surface area contributed by atoms with Gasteiger partial charge in [0.25, 0.3) is 0 Å². The summed E-state index contributed by atoms with van der Waals surface area (Å²) in [5.41, 5.74) is 7.38. The van der Waals surface area contributed by atoms with Crippen molar-refractivity contribution < 1.29 is 9.53 Å². The average Bonchev–Trinajstić information content (AvgIpc) is 2.86. The van der Waals surface area contributed by atoms with Gasteiger partial charge in [0.2, 0.25) is 0 Å². The summed E-state index contributed by atoms with van der Waals surface area (Å²) in [4.78, 5) is 12.1. The van der Waals surface area contributed by atoms with E-state index in [1.54, 1.807) is 0 Å². The van der Waals surface area contributed by atoms with Crippen LogP contribution in [0.2, 0.25) is 0 Å². The molecule has 0 atom stereocenters. The van der Waals surface area contributed by atoms with Gasteiger partial charge in [-0.15, -0.1) is 0 Å². The van der Waals surface area contributed by atoms with E-state index < -0.39 is 0 Å². The molecule has 0 amide bonds. The normalized spacial score (nSPS) is 13.2. The highest BCUT2D eigenvalue weighted by atomic mass is 16.5. The van der Waals surface area contributed by atoms with Gasteiger partial charge in [0.05, 0.1) is 12.2 Å². The second-order valence-corrected chi connectivity index (χ2v) is 4.77. The van der Waals surface area contributed by atoms with Crippen LogP contribution in [0, 0.1) is 0 Å². The van der Waals surface area contributed by atoms with Crippen LogP contribution in [0.5, 0.6) is 5.75 Å². The third-order valence-electron chi connectivity index (χ3n) is 3.37. The summed E-state index contributed by atoms with van der Waals surface area (Å²) in [5, 5.41) is 0. The zero-order valence-corrected chi connectivity index (χ0v) is 10.8. The molecule has 3 nitrogen and oxygen atoms in total. The molecule has 0 saturated carbocycles. The fourth-order valence-electron chi connectivity index (χ4n) is 2.35. The van der Waals surface area contributed by atoms with Crippen molar-refractivity contribution in [2.45, 2.75) is 38.5 Å². The van der Waals surface area contributed by atoms with E-state index in [2.05, 4.69) is 0 Å². The molecule has 0 bridgehead atoms. The molecule has 1 aliphatic rings. The van der Waals surface area contributed by atoms with Gasteiger partial charge < -0.3 is 10.5 Å². The first kappa shape index (κ1) is 13.1. The summed E-state index contributed by atoms with van der Waals surface area (Å²) in [5.74, 6) is 1.03. The fraction of sp³-hybridized carbons (Fsp3) is 0.533. The van der Waals surface area contributed by atoms with E-state index in [1.807, 2.05) is 18.2 Å². The van der Waals surface area contributed by atoms with Crippen LogP contribution >= 0.6 is 0 Å². The summed E-state index contributed by atoms with van der Waals surface area (Å²) >= 11 is 0. The summed E-state index contributed by atoms with van der Waals surface area (Å²) in [7, 11) is 0. The molecule has 0 unspecified atom stereocenters. The van der Waals surface area contributed by atoms with Crippen LogP contribution in [0.4, 0.5) is 0 Å². The highest BCUT2D eigenvalue weighted by molar-refractivity contribution is 5.99. The Morgan fingerprint density at radius 2 is 2.06 bits per heavy atom. The molecule has 0 aromatic heterocycles. The van der Waals surface area contributed by atoms with Gasteiger partial charge >= 0.3 is 0 Å². The number of ether oxygens (including phenoxy) is 1. The molecule has 0 spiro atoms. The lowest BCUT2D eigenvalue weighted by Crippen LogP contribution is -2.02. The van der Waals surface area contributed by atoms with Gasteiger partial charge in [-0.1, -0.05) is 25.0 Å². The van der Waals surface area contributed by atoms with Gasteiger partial charge in [-0.2, -0.15) is 0 Å². The highest BCUT2D eigenvalue weighted by Crippen LogP contribution is 2.30. The van der Waals surface area contributed by atoms with E-state index in [0.717, 1.165) is 50.0 Å². The first-order valence-electron chi connectivity index (χ1n) is 6.81. The maximum Gasteiger partial charge on any atom is 0.166 e. The Morgan fingerprint density at radius 3 is 2.89 bits per heavy atom. The maximum atomic E-state index is 12.1. The first-order valence-corrected chi connectivity index (χ1v) is 6.81. The molecule has 1 aliphatic heterocycles. The molecule has 0 fully saturated rings. The Morgan fingerprint density at radius 1 is 1.22 bits per heavy atom. The molecular weight excluding hydrogens is 226 g/mol. The molecule has 0 saturated heterocycles. The molecule has 0 radical (unpaired) electrons. The number of unbranched alkanes of at least 4 members (excludes halogenated alkanes) is 3. The smallest absolute Gasteiger partial charge is 0.166 e. The van der Waals surface area contributed by atoms with Crippen LogP contribution in [0.25, 0.3) is 0 Å². The summed E-state index contributed by atoms with van der Waals surface area (Å²) in [6.45, 7) is 1.45. The Hall–Kier alpha value is -1.35. The maximum absolute atomic E-state index is 12.1. The van der Waals surface area contributed by atoms with Crippen molar-refractivity contribution in [2.24, 2.45) is 5.73 Å². The Bertz CT molecular complexity index is 415. The van der Waals surface area contributed by atoms with Crippen molar-refractivity contribution in [3.05, 3.63) is 29.3 Å². The average molecular weight is 247 g/mol. The number of benzene rings is 1. The van der Waals surface area contributed by atoms with Gasteiger partial charge in [0, 0.05) is 12.8 Å². The molecule has 0 aliphatic carbocycles. The number of carbonyl (C=O) groups excluding carboxylic acids is 1. The quantitative estimate of drug-likeness (QED) is 0.595. The Kier molecular flexibility index (Phi) is 4.76. The summed E-state index contributed by atoms with van der Waals surface area (Å²) < 4.78 is 5.56. The van der Waals surface area contributed by atoms with E-state index in [9.17, 15) is 4.79 Å². The fourth-order valence-corrected chi connectivity index (χ4v) is 2.35. The third kappa shape index (κ3) is 3.10. The lowest BCUT2D eigenvalue weighted by atomic mass is 10.0. The molecule has 1 aromatic carbocycles. The van der Waals surface area contributed by atoms with E-state index in [0.29, 0.717) is 13.0 Å². The Balaban J connectivity index is 1.88. The monoisotopic (exact) mass is 247 g/mol. The van der Waals surface area contributed by atoms with Gasteiger partial charge in [-0.05, 0) is 31.0 Å². The largest absolute Gasteiger partial charge is 0.492 e. The van der Waals surface area contributed by atoms with E-state index in [-0.39, 0.29) is 5.78 Å². The van der Waals surface area contributed by atoms with Crippen molar-refractivity contribution in [3.8, 4) is 5.75 Å². The summed E-state index contributed by atoms with van der Waals surface area (Å²) in [6.07, 6.45) is 5.74. The zero-order chi connectivity index (χ0) is 12.8. The van der Waals surface area contributed by atoms with Crippen LogP contribution in [0.1, 0.15) is 48.0 Å². The summed E-state index contributed by atoms with van der Waals surface area (Å²) in [6, 6.07) is 5.88. The van der Waals surface area contributed by atoms with Gasteiger partial charge in [-0.3, -0.25) is 4.79 Å². The van der Waals surface area contributed by atoms with E-state index >= 15 is 0 Å². The number of para-hydroxylation sites is 1. The molecule has 18 heavy (non-hydrogen) atoms. The number of fused-ring (bicyclic) bond motifs is 1. The molecule has 1 aromatic rings. The molecule has 2 rings (SSSR count). The van der Waals surface area contributed by atoms with Crippen molar-refractivity contribution in [1.29, 1.82) is 0 Å². The van der Waals surface area contributed by atoms with Gasteiger partial charge in [0.15, 0.2) is 5.78 Å². The zero-order valence-electron chi connectivity index (χ0n) is 10.8. The van der Waals surface area contributed by atoms with Crippen molar-refractivity contribution >= 4 is 5.78 Å². The van der Waals surface area contributed by atoms with Crippen LogP contribution in [-0.2, 0) is 6.42 Å². The number of rotatable bonds is 7. The standard InChI is InChI=1S/C15H21NO2/c16-10-4-2-1-3-8-14(17)13-7-5-6-12-9-11-18-15(12)13/h5-7H,1-4,8-11,16H2. The first-order chi connectivity index (χ1) is 8.83. The number of carbonyl (C=O) groups is 1. The Labute approximate surface area is 108 Å². The molecule has 98 valence electrons. The molecule has 3 heteroatoms. The van der Waals surface area contributed by atoms with Crippen LogP contribution in [0.3, 0.4) is 0 Å². The minimum Gasteiger partial charge on any atom is -0.492 e. The molecular formula is C15H21NO2. The SMILES string of the molecule is NCCCCCCC(=O)c1cccc2c1OCC2. The van der Waals surface area contributed by atoms with Crippen molar-refractivity contribution in [3.63, 3.8) is 0 Å². The lowest BCUT2D eigenvalue weighted by molar-refractivity contribution is 0.0976. The number of ketones is 1. The predicted octanol–water partition coefficient (Wildman–Crippen LogP) is 2.71. The van der Waals surface area contributed by atoms with Crippen LogP contribution in [0.15, 0.2) is 18.2 Å². The predicted molar refractivity (Wildman–Crippen MR) is 72.1 cm³/mol. The van der Waals surface area contributed by atoms with Crippen molar-refractivity contribution in [2.75, 3.05) is 13.2 Å². The van der Waals surface area contributed by atoms with Gasteiger partial charge in [0.1, 0.15) is 5.75 Å². The minimum absolute atomic E-state index is 0.210. The van der Waals surface area contributed by atoms with Gasteiger partial charge in [-0.25, -0.2) is 0 Å². The topological polar surface area (TPSA) is 52.3 Å². The van der Waals surface area contributed by atoms with Crippen molar-refractivity contribution in [1.82, 2.24) is 0 Å². The lowest BCUT2D eigenvalue weighted by Gasteiger charge is -2.06. The second-order valence-electron chi connectivity index (χ2n) is 4.77. The second kappa shape index (κ2) is 6.55. The highest BCUT2D eigenvalue weighted by Gasteiger charge is 2.19.